The molecule has 1 aliphatic heterocycles. The van der Waals surface area contributed by atoms with Crippen molar-refractivity contribution in [2.75, 3.05) is 0 Å². The van der Waals surface area contributed by atoms with Gasteiger partial charge in [-0.1, -0.05) is 43.6 Å². The zero-order chi connectivity index (χ0) is 15.9. The van der Waals surface area contributed by atoms with Crippen LogP contribution in [0.2, 0.25) is 5.02 Å². The Kier molecular flexibility index (Phi) is 3.63. The highest BCUT2D eigenvalue weighted by molar-refractivity contribution is 6.31. The molecule has 2 atom stereocenters. The van der Waals surface area contributed by atoms with E-state index in [-0.39, 0.29) is 17.7 Å². The van der Waals surface area contributed by atoms with Crippen molar-refractivity contribution in [2.24, 2.45) is 5.92 Å². The molecule has 0 spiro atoms. The van der Waals surface area contributed by atoms with Gasteiger partial charge in [-0.3, -0.25) is 10.5 Å². The Balaban J connectivity index is 2.26. The third kappa shape index (κ3) is 2.16. The van der Waals surface area contributed by atoms with Crippen molar-refractivity contribution in [1.29, 1.82) is 10.7 Å². The van der Waals surface area contributed by atoms with E-state index < -0.39 is 5.92 Å². The predicted molar refractivity (Wildman–Crippen MR) is 83.4 cm³/mol. The second-order valence-corrected chi connectivity index (χ2v) is 5.99. The van der Waals surface area contributed by atoms with Crippen LogP contribution in [0.4, 0.5) is 0 Å². The van der Waals surface area contributed by atoms with Gasteiger partial charge in [-0.25, -0.2) is 0 Å². The van der Waals surface area contributed by atoms with Crippen LogP contribution in [0.5, 0.6) is 5.88 Å². The molecule has 2 heterocycles. The number of benzene rings is 1. The van der Waals surface area contributed by atoms with E-state index in [1.807, 2.05) is 32.0 Å². The molecule has 0 saturated carbocycles. The van der Waals surface area contributed by atoms with Crippen molar-refractivity contribution in [3.8, 4) is 11.9 Å². The van der Waals surface area contributed by atoms with Gasteiger partial charge in [-0.2, -0.15) is 5.26 Å². The summed E-state index contributed by atoms with van der Waals surface area (Å²) in [6.07, 6.45) is 0. The fourth-order valence-corrected chi connectivity index (χ4v) is 3.10. The number of aromatic nitrogens is 2. The minimum atomic E-state index is -0.720. The van der Waals surface area contributed by atoms with Crippen molar-refractivity contribution in [3.05, 3.63) is 46.1 Å². The van der Waals surface area contributed by atoms with Crippen LogP contribution in [-0.2, 0) is 0 Å². The van der Waals surface area contributed by atoms with Crippen LogP contribution in [0, 0.1) is 22.7 Å². The Bertz CT molecular complexity index is 775. The first kappa shape index (κ1) is 14.6. The first-order valence-corrected chi connectivity index (χ1v) is 7.40. The zero-order valence-electron chi connectivity index (χ0n) is 12.2. The van der Waals surface area contributed by atoms with Crippen LogP contribution >= 0.6 is 11.6 Å². The molecule has 1 aromatic heterocycles. The molecule has 1 aromatic carbocycles. The fourth-order valence-electron chi connectivity index (χ4n) is 2.85. The molecule has 0 fully saturated rings. The molecule has 0 bridgehead atoms. The van der Waals surface area contributed by atoms with Crippen LogP contribution in [0.3, 0.4) is 0 Å². The number of hydrogen-bond acceptors (Lipinski definition) is 4. The molecule has 22 heavy (non-hydrogen) atoms. The summed E-state index contributed by atoms with van der Waals surface area (Å²) < 4.78 is 5.43. The number of H-pyrrole nitrogens is 1. The molecular weight excluding hydrogens is 300 g/mol. The lowest BCUT2D eigenvalue weighted by Crippen LogP contribution is -2.31. The van der Waals surface area contributed by atoms with Gasteiger partial charge in [0.15, 0.2) is 0 Å². The van der Waals surface area contributed by atoms with Crippen LogP contribution in [0.25, 0.3) is 0 Å². The topological polar surface area (TPSA) is 85.5 Å². The first-order chi connectivity index (χ1) is 10.5. The number of halogens is 1. The monoisotopic (exact) mass is 314 g/mol. The smallest absolute Gasteiger partial charge is 0.243 e. The summed E-state index contributed by atoms with van der Waals surface area (Å²) in [6.45, 7) is 4.08. The summed E-state index contributed by atoms with van der Waals surface area (Å²) in [5.74, 6) is -0.614. The van der Waals surface area contributed by atoms with Crippen molar-refractivity contribution in [1.82, 2.24) is 10.2 Å². The highest BCUT2D eigenvalue weighted by atomic mass is 35.5. The maximum atomic E-state index is 9.53. The highest BCUT2D eigenvalue weighted by Crippen LogP contribution is 2.46. The molecule has 112 valence electrons. The van der Waals surface area contributed by atoms with E-state index in [9.17, 15) is 5.26 Å². The molecule has 2 aromatic rings. The van der Waals surface area contributed by atoms with Gasteiger partial charge in [0.1, 0.15) is 5.92 Å². The summed E-state index contributed by atoms with van der Waals surface area (Å²) in [5, 5.41) is 25.2. The predicted octanol–water partition coefficient (Wildman–Crippen LogP) is 3.83. The number of nitrogens with zero attached hydrogens (tertiary/aromatic N) is 2. The van der Waals surface area contributed by atoms with E-state index in [1.165, 1.54) is 0 Å². The molecule has 5 nitrogen and oxygen atoms in total. The Labute approximate surface area is 133 Å². The van der Waals surface area contributed by atoms with E-state index in [0.29, 0.717) is 10.9 Å². The highest BCUT2D eigenvalue weighted by Gasteiger charge is 2.41. The largest absolute Gasteiger partial charge is 0.422 e. The lowest BCUT2D eigenvalue weighted by atomic mass is 9.78. The SMILES string of the molecule is CC(C)c1[nH]nc2c1C(c1ccccc1Cl)C(C#N)C(=N)O2. The van der Waals surface area contributed by atoms with Crippen molar-refractivity contribution in [3.63, 3.8) is 0 Å². The maximum Gasteiger partial charge on any atom is 0.243 e. The average Bonchev–Trinajstić information content (AvgIpc) is 2.90. The van der Waals surface area contributed by atoms with Gasteiger partial charge < -0.3 is 4.74 Å². The van der Waals surface area contributed by atoms with E-state index >= 15 is 0 Å². The minimum Gasteiger partial charge on any atom is -0.422 e. The maximum absolute atomic E-state index is 9.53. The number of aromatic amines is 1. The van der Waals surface area contributed by atoms with Gasteiger partial charge in [-0.15, -0.1) is 5.10 Å². The van der Waals surface area contributed by atoms with Gasteiger partial charge in [-0.05, 0) is 17.5 Å². The summed E-state index contributed by atoms with van der Waals surface area (Å²) >= 11 is 6.34. The number of fused-ring (bicyclic) bond motifs is 1. The number of hydrogen-bond donors (Lipinski definition) is 2. The number of nitrogens with one attached hydrogen (secondary N) is 2. The van der Waals surface area contributed by atoms with Crippen molar-refractivity contribution < 1.29 is 4.74 Å². The average molecular weight is 315 g/mol. The second kappa shape index (κ2) is 5.47. The molecular formula is C16H15ClN4O. The zero-order valence-corrected chi connectivity index (χ0v) is 13.0. The normalized spacial score (nSPS) is 20.4. The van der Waals surface area contributed by atoms with E-state index in [1.54, 1.807) is 6.07 Å². The van der Waals surface area contributed by atoms with Gasteiger partial charge in [0.2, 0.25) is 11.8 Å². The number of rotatable bonds is 2. The quantitative estimate of drug-likeness (QED) is 0.883. The molecule has 0 radical (unpaired) electrons. The van der Waals surface area contributed by atoms with E-state index in [2.05, 4.69) is 16.3 Å². The Morgan fingerprint density at radius 3 is 2.77 bits per heavy atom. The van der Waals surface area contributed by atoms with Gasteiger partial charge in [0.25, 0.3) is 0 Å². The molecule has 1 aliphatic rings. The van der Waals surface area contributed by atoms with Crippen LogP contribution in [0.15, 0.2) is 24.3 Å². The third-order valence-corrected chi connectivity index (χ3v) is 4.23. The van der Waals surface area contributed by atoms with Crippen LogP contribution in [-0.4, -0.2) is 16.1 Å². The van der Waals surface area contributed by atoms with Crippen molar-refractivity contribution in [2.45, 2.75) is 25.7 Å². The molecule has 2 N–H and O–H groups in total. The molecule has 2 unspecified atom stereocenters. The molecule has 6 heteroatoms. The van der Waals surface area contributed by atoms with E-state index in [0.717, 1.165) is 16.8 Å². The lowest BCUT2D eigenvalue weighted by molar-refractivity contribution is 0.436. The molecule has 0 aliphatic carbocycles. The third-order valence-electron chi connectivity index (χ3n) is 3.89. The second-order valence-electron chi connectivity index (χ2n) is 5.58. The Hall–Kier alpha value is -2.32. The Morgan fingerprint density at radius 1 is 1.41 bits per heavy atom. The molecule has 0 saturated heterocycles. The van der Waals surface area contributed by atoms with Gasteiger partial charge >= 0.3 is 0 Å². The van der Waals surface area contributed by atoms with E-state index in [4.69, 9.17) is 21.7 Å². The van der Waals surface area contributed by atoms with Crippen molar-refractivity contribution >= 4 is 17.5 Å². The summed E-state index contributed by atoms with van der Waals surface area (Å²) in [5.41, 5.74) is 2.55. The minimum absolute atomic E-state index is 0.0956. The summed E-state index contributed by atoms with van der Waals surface area (Å²) in [7, 11) is 0. The Morgan fingerprint density at radius 2 is 2.14 bits per heavy atom. The molecule has 3 rings (SSSR count). The van der Waals surface area contributed by atoms with Crippen LogP contribution in [0.1, 0.15) is 42.5 Å². The fraction of sp³-hybridized carbons (Fsp3) is 0.312. The van der Waals surface area contributed by atoms with Gasteiger partial charge in [0.05, 0.1) is 6.07 Å². The number of ether oxygens (including phenoxy) is 1. The summed E-state index contributed by atoms with van der Waals surface area (Å²) in [4.78, 5) is 0. The number of nitriles is 1. The standard InChI is InChI=1S/C16H15ClN4O/c1-8(2)14-13-12(9-5-3-4-6-11(9)17)10(7-18)15(19)22-16(13)21-20-14/h3-6,8,10,12,19H,1-2H3,(H,20,21). The van der Waals surface area contributed by atoms with Crippen LogP contribution < -0.4 is 4.74 Å². The lowest BCUT2D eigenvalue weighted by Gasteiger charge is -2.29. The summed E-state index contributed by atoms with van der Waals surface area (Å²) in [6, 6.07) is 9.58. The van der Waals surface area contributed by atoms with Gasteiger partial charge in [0, 0.05) is 22.2 Å². The first-order valence-electron chi connectivity index (χ1n) is 7.03. The molecule has 0 amide bonds.